The summed E-state index contributed by atoms with van der Waals surface area (Å²) < 4.78 is 2.42. The Morgan fingerprint density at radius 1 is 1.33 bits per heavy atom. The molecule has 0 bridgehead atoms. The van der Waals surface area contributed by atoms with Gasteiger partial charge in [0.1, 0.15) is 6.29 Å². The number of likely N-dealkylation sites (N-methyl/N-ethyl adjacent to an activating group) is 1. The van der Waals surface area contributed by atoms with Crippen LogP contribution in [0.3, 0.4) is 0 Å². The first kappa shape index (κ1) is 18.2. The van der Waals surface area contributed by atoms with Crippen molar-refractivity contribution in [3.05, 3.63) is 64.1 Å². The zero-order valence-electron chi connectivity index (χ0n) is 15.8. The molecule has 0 saturated heterocycles. The Hall–Kier alpha value is -2.17. The van der Waals surface area contributed by atoms with Crippen molar-refractivity contribution in [2.24, 2.45) is 0 Å². The third-order valence-corrected chi connectivity index (χ3v) is 5.93. The van der Waals surface area contributed by atoms with E-state index in [1.807, 2.05) is 24.5 Å². The van der Waals surface area contributed by atoms with E-state index in [0.29, 0.717) is 6.42 Å². The van der Waals surface area contributed by atoms with Gasteiger partial charge in [0.25, 0.3) is 0 Å². The number of carbonyl (C=O) groups excluding carboxylic acids is 1. The molecular weight excluding hydrogens is 358 g/mol. The summed E-state index contributed by atoms with van der Waals surface area (Å²) in [6.07, 6.45) is 6.25. The highest BCUT2D eigenvalue weighted by Crippen LogP contribution is 2.35. The van der Waals surface area contributed by atoms with Gasteiger partial charge < -0.3 is 14.3 Å². The maximum atomic E-state index is 11.4. The third-order valence-electron chi connectivity index (χ3n) is 5.69. The molecule has 4 nitrogen and oxygen atoms in total. The van der Waals surface area contributed by atoms with Crippen LogP contribution in [0.4, 0.5) is 0 Å². The van der Waals surface area contributed by atoms with Crippen LogP contribution in [0.15, 0.2) is 36.7 Å². The minimum Gasteiger partial charge on any atom is -0.344 e. The molecule has 0 spiro atoms. The van der Waals surface area contributed by atoms with Crippen LogP contribution in [0.5, 0.6) is 0 Å². The van der Waals surface area contributed by atoms with Gasteiger partial charge in [0.2, 0.25) is 0 Å². The van der Waals surface area contributed by atoms with Crippen molar-refractivity contribution in [2.75, 3.05) is 13.6 Å². The molecule has 3 heterocycles. The Labute approximate surface area is 164 Å². The summed E-state index contributed by atoms with van der Waals surface area (Å²) in [5, 5.41) is 2.01. The van der Waals surface area contributed by atoms with Gasteiger partial charge in [-0.3, -0.25) is 4.98 Å². The number of pyridine rings is 1. The number of hydrogen-bond acceptors (Lipinski definition) is 3. The van der Waals surface area contributed by atoms with E-state index in [2.05, 4.69) is 40.6 Å². The summed E-state index contributed by atoms with van der Waals surface area (Å²) in [5.41, 5.74) is 6.31. The number of aldehydes is 1. The minimum atomic E-state index is 0.139. The second-order valence-corrected chi connectivity index (χ2v) is 7.95. The SMILES string of the molecule is Cc1cnccc1C(CC=O)Cn1c2c(c3cc(Cl)ccc31)CN(C)CC2. The second-order valence-electron chi connectivity index (χ2n) is 7.52. The van der Waals surface area contributed by atoms with Crippen molar-refractivity contribution in [3.8, 4) is 0 Å². The Morgan fingerprint density at radius 3 is 2.96 bits per heavy atom. The Morgan fingerprint density at radius 2 is 2.19 bits per heavy atom. The molecule has 4 rings (SSSR count). The number of aromatic nitrogens is 2. The molecule has 1 atom stereocenters. The van der Waals surface area contributed by atoms with Crippen LogP contribution in [0.1, 0.15) is 34.7 Å². The molecular formula is C22H24ClN3O. The second kappa shape index (κ2) is 7.45. The van der Waals surface area contributed by atoms with Crippen LogP contribution in [-0.4, -0.2) is 34.3 Å². The first-order valence-corrected chi connectivity index (χ1v) is 9.78. The number of aryl methyl sites for hydroxylation is 1. The monoisotopic (exact) mass is 381 g/mol. The molecule has 0 N–H and O–H groups in total. The number of fused-ring (bicyclic) bond motifs is 3. The smallest absolute Gasteiger partial charge is 0.120 e. The average molecular weight is 382 g/mol. The highest BCUT2D eigenvalue weighted by atomic mass is 35.5. The van der Waals surface area contributed by atoms with Crippen LogP contribution in [0.25, 0.3) is 10.9 Å². The van der Waals surface area contributed by atoms with E-state index < -0.39 is 0 Å². The van der Waals surface area contributed by atoms with Crippen molar-refractivity contribution in [1.29, 1.82) is 0 Å². The summed E-state index contributed by atoms with van der Waals surface area (Å²) in [4.78, 5) is 18.0. The van der Waals surface area contributed by atoms with Crippen LogP contribution in [0, 0.1) is 6.92 Å². The molecule has 1 aliphatic heterocycles. The number of halogens is 1. The molecule has 140 valence electrons. The lowest BCUT2D eigenvalue weighted by Gasteiger charge is -2.26. The maximum Gasteiger partial charge on any atom is 0.120 e. The van der Waals surface area contributed by atoms with Crippen molar-refractivity contribution in [1.82, 2.24) is 14.5 Å². The highest BCUT2D eigenvalue weighted by Gasteiger charge is 2.25. The topological polar surface area (TPSA) is 38.1 Å². The van der Waals surface area contributed by atoms with Gasteiger partial charge in [-0.1, -0.05) is 11.6 Å². The van der Waals surface area contributed by atoms with E-state index in [4.69, 9.17) is 11.6 Å². The molecule has 1 aliphatic rings. The van der Waals surface area contributed by atoms with Crippen molar-refractivity contribution in [2.45, 2.75) is 38.8 Å². The van der Waals surface area contributed by atoms with E-state index in [1.165, 1.54) is 27.7 Å². The summed E-state index contributed by atoms with van der Waals surface area (Å²) in [7, 11) is 2.16. The molecule has 5 heteroatoms. The van der Waals surface area contributed by atoms with Gasteiger partial charge in [-0.05, 0) is 54.9 Å². The molecule has 0 fully saturated rings. The van der Waals surface area contributed by atoms with Crippen molar-refractivity contribution >= 4 is 28.8 Å². The summed E-state index contributed by atoms with van der Waals surface area (Å²) in [6, 6.07) is 8.21. The first-order chi connectivity index (χ1) is 13.1. The van der Waals surface area contributed by atoms with Crippen LogP contribution >= 0.6 is 11.6 Å². The molecule has 1 aromatic carbocycles. The fraction of sp³-hybridized carbons (Fsp3) is 0.364. The van der Waals surface area contributed by atoms with E-state index in [-0.39, 0.29) is 5.92 Å². The van der Waals surface area contributed by atoms with Gasteiger partial charge in [0.05, 0.1) is 0 Å². The van der Waals surface area contributed by atoms with E-state index in [9.17, 15) is 4.79 Å². The Kier molecular flexibility index (Phi) is 5.02. The Balaban J connectivity index is 1.83. The van der Waals surface area contributed by atoms with E-state index >= 15 is 0 Å². The van der Waals surface area contributed by atoms with Gasteiger partial charge in [0, 0.05) is 72.4 Å². The zero-order chi connectivity index (χ0) is 19.0. The number of nitrogens with zero attached hydrogens (tertiary/aromatic N) is 3. The third kappa shape index (κ3) is 3.40. The van der Waals surface area contributed by atoms with Gasteiger partial charge >= 0.3 is 0 Å². The number of benzene rings is 1. The normalized spacial score (nSPS) is 15.7. The predicted octanol–water partition coefficient (Wildman–Crippen LogP) is 4.36. The molecule has 0 aliphatic carbocycles. The zero-order valence-corrected chi connectivity index (χ0v) is 16.5. The van der Waals surface area contributed by atoms with Gasteiger partial charge in [-0.2, -0.15) is 0 Å². The number of carbonyl (C=O) groups is 1. The quantitative estimate of drug-likeness (QED) is 0.616. The van der Waals surface area contributed by atoms with Crippen LogP contribution < -0.4 is 0 Å². The molecule has 1 unspecified atom stereocenters. The van der Waals surface area contributed by atoms with E-state index in [1.54, 1.807) is 0 Å². The largest absolute Gasteiger partial charge is 0.344 e. The van der Waals surface area contributed by atoms with Gasteiger partial charge in [-0.25, -0.2) is 0 Å². The molecule has 0 saturated carbocycles. The average Bonchev–Trinajstić information content (AvgIpc) is 2.94. The molecule has 3 aromatic rings. The summed E-state index contributed by atoms with van der Waals surface area (Å²) >= 11 is 6.30. The molecule has 27 heavy (non-hydrogen) atoms. The fourth-order valence-electron chi connectivity index (χ4n) is 4.34. The lowest BCUT2D eigenvalue weighted by Crippen LogP contribution is -2.27. The lowest BCUT2D eigenvalue weighted by molar-refractivity contribution is -0.108. The first-order valence-electron chi connectivity index (χ1n) is 9.40. The standard InChI is InChI=1S/C22H24ClN3O/c1-15-12-24-8-5-18(15)16(7-10-27)13-26-21-4-3-17(23)11-19(21)20-14-25(2)9-6-22(20)26/h3-5,8,10-12,16H,6-7,9,13-14H2,1-2H3. The molecule has 0 amide bonds. The molecule has 2 aromatic heterocycles. The molecule has 0 radical (unpaired) electrons. The van der Waals surface area contributed by atoms with Crippen molar-refractivity contribution in [3.63, 3.8) is 0 Å². The predicted molar refractivity (Wildman–Crippen MR) is 109 cm³/mol. The highest BCUT2D eigenvalue weighted by molar-refractivity contribution is 6.31. The number of rotatable bonds is 5. The van der Waals surface area contributed by atoms with Gasteiger partial charge in [-0.15, -0.1) is 0 Å². The van der Waals surface area contributed by atoms with Crippen molar-refractivity contribution < 1.29 is 4.79 Å². The Bertz CT molecular complexity index is 995. The van der Waals surface area contributed by atoms with Crippen LogP contribution in [0.2, 0.25) is 5.02 Å². The van der Waals surface area contributed by atoms with Gasteiger partial charge in [0.15, 0.2) is 0 Å². The minimum absolute atomic E-state index is 0.139. The maximum absolute atomic E-state index is 11.4. The lowest BCUT2D eigenvalue weighted by atomic mass is 9.93. The van der Waals surface area contributed by atoms with Crippen LogP contribution in [-0.2, 0) is 24.3 Å². The fourth-order valence-corrected chi connectivity index (χ4v) is 4.52. The van der Waals surface area contributed by atoms with E-state index in [0.717, 1.165) is 42.9 Å². The summed E-state index contributed by atoms with van der Waals surface area (Å²) in [5.74, 6) is 0.139. The summed E-state index contributed by atoms with van der Waals surface area (Å²) in [6.45, 7) is 4.84. The number of hydrogen-bond donors (Lipinski definition) is 0.